The molecule has 23 heavy (non-hydrogen) atoms. The maximum absolute atomic E-state index is 5.92. The number of likely N-dealkylation sites (N-methyl/N-ethyl adjacent to an activating group) is 1. The Morgan fingerprint density at radius 2 is 1.43 bits per heavy atom. The summed E-state index contributed by atoms with van der Waals surface area (Å²) in [5.74, 6) is 1.63. The Labute approximate surface area is 141 Å². The minimum Gasteiger partial charge on any atom is -0.488 e. The highest BCUT2D eigenvalue weighted by Crippen LogP contribution is 2.31. The molecule has 1 unspecified atom stereocenters. The molecule has 124 valence electrons. The van der Waals surface area contributed by atoms with Gasteiger partial charge >= 0.3 is 0 Å². The quantitative estimate of drug-likeness (QED) is 0.628. The molecule has 0 saturated carbocycles. The van der Waals surface area contributed by atoms with Crippen LogP contribution in [0.2, 0.25) is 0 Å². The lowest BCUT2D eigenvalue weighted by Gasteiger charge is -2.39. The number of para-hydroxylation sites is 1. The van der Waals surface area contributed by atoms with E-state index in [4.69, 9.17) is 4.74 Å². The maximum atomic E-state index is 5.92. The average molecular weight is 312 g/mol. The molecule has 1 atom stereocenters. The molecule has 0 aliphatic rings. The van der Waals surface area contributed by atoms with Crippen LogP contribution in [-0.4, -0.2) is 31.7 Å². The second kappa shape index (κ2) is 8.16. The first kappa shape index (κ1) is 17.6. The lowest BCUT2D eigenvalue weighted by Crippen LogP contribution is -2.46. The van der Waals surface area contributed by atoms with Crippen LogP contribution >= 0.6 is 0 Å². The molecule has 2 aromatic carbocycles. The van der Waals surface area contributed by atoms with E-state index in [1.54, 1.807) is 0 Å². The van der Waals surface area contributed by atoms with Gasteiger partial charge in [0.2, 0.25) is 0 Å². The van der Waals surface area contributed by atoms with E-state index in [1.165, 1.54) is 12.0 Å². The van der Waals surface area contributed by atoms with E-state index in [0.717, 1.165) is 23.4 Å². The fraction of sp³-hybridized carbons (Fsp3) is 0.429. The van der Waals surface area contributed by atoms with Crippen molar-refractivity contribution in [1.29, 1.82) is 0 Å². The Kier molecular flexibility index (Phi) is 6.23. The van der Waals surface area contributed by atoms with Crippen molar-refractivity contribution >= 4 is 0 Å². The van der Waals surface area contributed by atoms with Crippen LogP contribution in [-0.2, 0) is 0 Å². The molecule has 0 amide bonds. The average Bonchev–Trinajstić information content (AvgIpc) is 2.54. The summed E-state index contributed by atoms with van der Waals surface area (Å²) in [6, 6.07) is 21.5. The predicted molar refractivity (Wildman–Crippen MR) is 97.6 cm³/mol. The molecule has 0 saturated heterocycles. The van der Waals surface area contributed by atoms with Gasteiger partial charge in [-0.15, -0.1) is 0 Å². The van der Waals surface area contributed by atoms with Crippen molar-refractivity contribution in [3.05, 3.63) is 66.2 Å². The molecule has 0 N–H and O–H groups in total. The Hall–Kier alpha value is -1.80. The van der Waals surface area contributed by atoms with Gasteiger partial charge in [-0.1, -0.05) is 62.4 Å². The zero-order chi connectivity index (χ0) is 16.7. The van der Waals surface area contributed by atoms with Crippen molar-refractivity contribution in [2.45, 2.75) is 26.3 Å². The highest BCUT2D eigenvalue weighted by atomic mass is 16.5. The summed E-state index contributed by atoms with van der Waals surface area (Å²) in [7, 11) is 4.63. The first-order valence-corrected chi connectivity index (χ1v) is 8.54. The van der Waals surface area contributed by atoms with E-state index in [2.05, 4.69) is 58.3 Å². The van der Waals surface area contributed by atoms with Gasteiger partial charge in [0, 0.05) is 12.0 Å². The lowest BCUT2D eigenvalue weighted by atomic mass is 9.94. The highest BCUT2D eigenvalue weighted by Gasteiger charge is 2.30. The largest absolute Gasteiger partial charge is 0.488 e. The summed E-state index contributed by atoms with van der Waals surface area (Å²) in [6.07, 6.45) is 1.18. The van der Waals surface area contributed by atoms with Crippen LogP contribution < -0.4 is 4.74 Å². The van der Waals surface area contributed by atoms with E-state index in [-0.39, 0.29) is 0 Å². The van der Waals surface area contributed by atoms with Crippen LogP contribution in [0.4, 0.5) is 0 Å². The molecule has 0 bridgehead atoms. The third-order valence-corrected chi connectivity index (χ3v) is 4.40. The topological polar surface area (TPSA) is 9.23 Å². The van der Waals surface area contributed by atoms with Crippen molar-refractivity contribution in [3.8, 4) is 5.75 Å². The van der Waals surface area contributed by atoms with Crippen molar-refractivity contribution < 1.29 is 9.22 Å². The summed E-state index contributed by atoms with van der Waals surface area (Å²) in [5, 5.41) is 0. The molecule has 0 spiro atoms. The van der Waals surface area contributed by atoms with Gasteiger partial charge in [0.05, 0.1) is 14.1 Å². The second-order valence-corrected chi connectivity index (χ2v) is 7.22. The zero-order valence-electron chi connectivity index (χ0n) is 14.9. The minimum atomic E-state index is 0.496. The number of ether oxygens (including phenoxy) is 1. The summed E-state index contributed by atoms with van der Waals surface area (Å²) in [5.41, 5.74) is 1.42. The first-order chi connectivity index (χ1) is 11.0. The van der Waals surface area contributed by atoms with Gasteiger partial charge in [0.1, 0.15) is 24.9 Å². The molecule has 2 heteroatoms. The van der Waals surface area contributed by atoms with Gasteiger partial charge in [0.15, 0.2) is 0 Å². The molecule has 0 aliphatic heterocycles. The standard InChI is InChI=1S/C21H30NO/c1-18(2)17-21(19-11-7-5-8-12-19)22(3,4)15-16-23-20-13-9-6-10-14-20/h5-14,18,21H,15-17H2,1-4H3/q+1. The Balaban J connectivity index is 2.03. The smallest absolute Gasteiger partial charge is 0.137 e. The first-order valence-electron chi connectivity index (χ1n) is 8.54. The summed E-state index contributed by atoms with van der Waals surface area (Å²) < 4.78 is 6.86. The molecule has 0 aliphatic carbocycles. The highest BCUT2D eigenvalue weighted by molar-refractivity contribution is 5.21. The minimum absolute atomic E-state index is 0.496. The number of quaternary nitrogens is 1. The third kappa shape index (κ3) is 5.40. The van der Waals surface area contributed by atoms with E-state index >= 15 is 0 Å². The fourth-order valence-corrected chi connectivity index (χ4v) is 3.02. The summed E-state index contributed by atoms with van der Waals surface area (Å²) >= 11 is 0. The van der Waals surface area contributed by atoms with Crippen molar-refractivity contribution in [3.63, 3.8) is 0 Å². The van der Waals surface area contributed by atoms with Crippen LogP contribution in [0.1, 0.15) is 31.9 Å². The van der Waals surface area contributed by atoms with Gasteiger partial charge in [-0.25, -0.2) is 0 Å². The number of benzene rings is 2. The molecule has 0 fully saturated rings. The van der Waals surface area contributed by atoms with Crippen molar-refractivity contribution in [2.75, 3.05) is 27.2 Å². The monoisotopic (exact) mass is 312 g/mol. The third-order valence-electron chi connectivity index (χ3n) is 4.40. The Morgan fingerprint density at radius 3 is 2.00 bits per heavy atom. The van der Waals surface area contributed by atoms with E-state index < -0.39 is 0 Å². The van der Waals surface area contributed by atoms with Gasteiger partial charge in [0.25, 0.3) is 0 Å². The normalized spacial score (nSPS) is 13.1. The molecule has 0 aromatic heterocycles. The second-order valence-electron chi connectivity index (χ2n) is 7.22. The lowest BCUT2D eigenvalue weighted by molar-refractivity contribution is -0.922. The number of nitrogens with zero attached hydrogens (tertiary/aromatic N) is 1. The number of hydrogen-bond donors (Lipinski definition) is 0. The fourth-order valence-electron chi connectivity index (χ4n) is 3.02. The van der Waals surface area contributed by atoms with Gasteiger partial charge in [-0.3, -0.25) is 0 Å². The van der Waals surface area contributed by atoms with Crippen LogP contribution in [0.15, 0.2) is 60.7 Å². The van der Waals surface area contributed by atoms with E-state index in [1.807, 2.05) is 30.3 Å². The Morgan fingerprint density at radius 1 is 0.870 bits per heavy atom. The molecular formula is C21H30NO+. The van der Waals surface area contributed by atoms with Crippen molar-refractivity contribution in [1.82, 2.24) is 0 Å². The zero-order valence-corrected chi connectivity index (χ0v) is 14.9. The number of hydrogen-bond acceptors (Lipinski definition) is 1. The van der Waals surface area contributed by atoms with Gasteiger partial charge in [-0.05, 0) is 18.1 Å². The summed E-state index contributed by atoms with van der Waals surface area (Å²) in [4.78, 5) is 0. The van der Waals surface area contributed by atoms with Gasteiger partial charge in [-0.2, -0.15) is 0 Å². The van der Waals surface area contributed by atoms with Crippen molar-refractivity contribution in [2.24, 2.45) is 5.92 Å². The van der Waals surface area contributed by atoms with Crippen LogP contribution in [0, 0.1) is 5.92 Å². The van der Waals surface area contributed by atoms with Crippen LogP contribution in [0.5, 0.6) is 5.75 Å². The molecular weight excluding hydrogens is 282 g/mol. The van der Waals surface area contributed by atoms with Gasteiger partial charge < -0.3 is 9.22 Å². The number of rotatable bonds is 8. The van der Waals surface area contributed by atoms with Crippen LogP contribution in [0.3, 0.4) is 0 Å². The summed E-state index contributed by atoms with van der Waals surface area (Å²) in [6.45, 7) is 6.33. The SMILES string of the molecule is CC(C)CC(c1ccccc1)[N+](C)(C)CCOc1ccccc1. The molecule has 2 rings (SSSR count). The molecule has 2 aromatic rings. The molecule has 0 heterocycles. The molecule has 2 nitrogen and oxygen atoms in total. The predicted octanol–water partition coefficient (Wildman–Crippen LogP) is 4.93. The van der Waals surface area contributed by atoms with Crippen LogP contribution in [0.25, 0.3) is 0 Å². The Bertz CT molecular complexity index is 563. The van der Waals surface area contributed by atoms with E-state index in [0.29, 0.717) is 12.0 Å². The van der Waals surface area contributed by atoms with E-state index in [9.17, 15) is 0 Å². The molecule has 0 radical (unpaired) electrons. The maximum Gasteiger partial charge on any atom is 0.137 e.